The largest absolute Gasteiger partial charge is 0.484 e. The molecule has 0 saturated carbocycles. The first-order chi connectivity index (χ1) is 18.1. The van der Waals surface area contributed by atoms with Crippen LogP contribution in [0.5, 0.6) is 5.75 Å². The van der Waals surface area contributed by atoms with Crippen LogP contribution in [0.1, 0.15) is 21.5 Å². The highest BCUT2D eigenvalue weighted by Gasteiger charge is 2.32. The van der Waals surface area contributed by atoms with Crippen molar-refractivity contribution >= 4 is 35.1 Å². The van der Waals surface area contributed by atoms with E-state index in [2.05, 4.69) is 4.74 Å². The molecule has 1 aliphatic heterocycles. The lowest BCUT2D eigenvalue weighted by Crippen LogP contribution is -2.42. The van der Waals surface area contributed by atoms with Crippen molar-refractivity contribution in [1.29, 1.82) is 0 Å². The van der Waals surface area contributed by atoms with Crippen LogP contribution < -0.4 is 9.64 Å². The molecule has 0 unspecified atom stereocenters. The van der Waals surface area contributed by atoms with Crippen LogP contribution in [0.4, 0.5) is 18.9 Å². The summed E-state index contributed by atoms with van der Waals surface area (Å²) in [5, 5.41) is -0.134. The lowest BCUT2D eigenvalue weighted by molar-refractivity contribution is -0.153. The topological polar surface area (TPSA) is 76.2 Å². The average molecular weight is 547 g/mol. The summed E-state index contributed by atoms with van der Waals surface area (Å²) in [5.74, 6) is -1.88. The predicted octanol–water partition coefficient (Wildman–Crippen LogP) is 5.01. The van der Waals surface area contributed by atoms with Gasteiger partial charge in [0.05, 0.1) is 10.6 Å². The Labute approximate surface area is 221 Å². The van der Waals surface area contributed by atoms with Gasteiger partial charge in [0.1, 0.15) is 25.4 Å². The van der Waals surface area contributed by atoms with E-state index in [4.69, 9.17) is 16.3 Å². The molecule has 0 spiro atoms. The van der Waals surface area contributed by atoms with Crippen molar-refractivity contribution in [3.05, 3.63) is 94.5 Å². The molecule has 1 aliphatic rings. The van der Waals surface area contributed by atoms with E-state index in [-0.39, 0.29) is 42.6 Å². The standard InChI is InChI=1S/C27H22ClF3N2O5/c28-22-12-20(38-17-27(29,30)31)10-11-21(22)26(36)33-14-24(34)32(13-19-8-4-5-9-23(19)33)15-25(35)37-16-18-6-2-1-3-7-18/h1-12H,13-17H2. The fourth-order valence-electron chi connectivity index (χ4n) is 3.86. The van der Waals surface area contributed by atoms with Gasteiger partial charge in [0, 0.05) is 12.2 Å². The first kappa shape index (κ1) is 27.0. The number of amides is 2. The highest BCUT2D eigenvalue weighted by molar-refractivity contribution is 6.34. The summed E-state index contributed by atoms with van der Waals surface area (Å²) in [5.41, 5.74) is 1.84. The number of esters is 1. The fourth-order valence-corrected chi connectivity index (χ4v) is 4.11. The van der Waals surface area contributed by atoms with E-state index in [0.29, 0.717) is 11.3 Å². The van der Waals surface area contributed by atoms with E-state index in [0.717, 1.165) is 11.6 Å². The third kappa shape index (κ3) is 6.83. The number of alkyl halides is 3. The summed E-state index contributed by atoms with van der Waals surface area (Å²) < 4.78 is 47.4. The Morgan fingerprint density at radius 2 is 1.66 bits per heavy atom. The molecule has 0 aromatic heterocycles. The molecule has 0 radical (unpaired) electrons. The first-order valence-corrected chi connectivity index (χ1v) is 11.8. The Morgan fingerprint density at radius 1 is 0.947 bits per heavy atom. The number of benzene rings is 3. The number of anilines is 1. The van der Waals surface area contributed by atoms with E-state index < -0.39 is 30.6 Å². The van der Waals surface area contributed by atoms with Crippen LogP contribution in [0.2, 0.25) is 5.02 Å². The van der Waals surface area contributed by atoms with Crippen LogP contribution in [-0.4, -0.2) is 48.6 Å². The minimum atomic E-state index is -4.53. The van der Waals surface area contributed by atoms with E-state index in [1.807, 2.05) is 30.3 Å². The lowest BCUT2D eigenvalue weighted by atomic mass is 10.1. The molecule has 0 bridgehead atoms. The van der Waals surface area contributed by atoms with Gasteiger partial charge in [-0.05, 0) is 35.4 Å². The molecule has 0 fully saturated rings. The zero-order chi connectivity index (χ0) is 27.3. The average Bonchev–Trinajstić information content (AvgIpc) is 3.02. The van der Waals surface area contributed by atoms with Crippen LogP contribution in [0, 0.1) is 0 Å². The summed E-state index contributed by atoms with van der Waals surface area (Å²) in [7, 11) is 0. The van der Waals surface area contributed by atoms with E-state index in [1.165, 1.54) is 21.9 Å². The van der Waals surface area contributed by atoms with Crippen LogP contribution in [0.3, 0.4) is 0 Å². The lowest BCUT2D eigenvalue weighted by Gasteiger charge is -2.23. The van der Waals surface area contributed by atoms with Crippen LogP contribution >= 0.6 is 11.6 Å². The van der Waals surface area contributed by atoms with Crippen LogP contribution in [0.25, 0.3) is 0 Å². The van der Waals surface area contributed by atoms with Gasteiger partial charge in [-0.3, -0.25) is 19.3 Å². The number of rotatable bonds is 7. The van der Waals surface area contributed by atoms with Crippen molar-refractivity contribution in [2.24, 2.45) is 0 Å². The third-order valence-electron chi connectivity index (χ3n) is 5.67. The molecule has 3 aromatic carbocycles. The maximum atomic E-state index is 13.5. The van der Waals surface area contributed by atoms with Gasteiger partial charge < -0.3 is 14.4 Å². The number of para-hydroxylation sites is 1. The summed E-state index contributed by atoms with van der Waals surface area (Å²) in [4.78, 5) is 41.6. The number of hydrogen-bond donors (Lipinski definition) is 0. The Hall–Kier alpha value is -4.05. The second-order valence-electron chi connectivity index (χ2n) is 8.46. The second kappa shape index (κ2) is 11.6. The zero-order valence-corrected chi connectivity index (χ0v) is 20.7. The maximum Gasteiger partial charge on any atom is 0.422 e. The van der Waals surface area contributed by atoms with Crippen LogP contribution in [0.15, 0.2) is 72.8 Å². The van der Waals surface area contributed by atoms with Crippen molar-refractivity contribution in [3.8, 4) is 5.75 Å². The Kier molecular flexibility index (Phi) is 8.21. The second-order valence-corrected chi connectivity index (χ2v) is 8.87. The smallest absolute Gasteiger partial charge is 0.422 e. The Balaban J connectivity index is 1.50. The summed E-state index contributed by atoms with van der Waals surface area (Å²) >= 11 is 6.22. The molecule has 0 aliphatic carbocycles. The number of nitrogens with zero attached hydrogens (tertiary/aromatic N) is 2. The van der Waals surface area contributed by atoms with E-state index >= 15 is 0 Å². The predicted molar refractivity (Wildman–Crippen MR) is 133 cm³/mol. The number of halogens is 4. The normalized spacial score (nSPS) is 13.5. The maximum absolute atomic E-state index is 13.5. The molecule has 4 rings (SSSR count). The fraction of sp³-hybridized carbons (Fsp3) is 0.222. The van der Waals surface area contributed by atoms with Crippen molar-refractivity contribution < 1.29 is 37.0 Å². The molecule has 0 saturated heterocycles. The van der Waals surface area contributed by atoms with Crippen molar-refractivity contribution in [1.82, 2.24) is 4.90 Å². The van der Waals surface area contributed by atoms with Crippen molar-refractivity contribution in [2.75, 3.05) is 24.6 Å². The number of ether oxygens (including phenoxy) is 2. The quantitative estimate of drug-likeness (QED) is 0.389. The molecule has 3 aromatic rings. The molecule has 38 heavy (non-hydrogen) atoms. The molecule has 0 N–H and O–H groups in total. The zero-order valence-electron chi connectivity index (χ0n) is 19.9. The number of carbonyl (C=O) groups excluding carboxylic acids is 3. The monoisotopic (exact) mass is 546 g/mol. The highest BCUT2D eigenvalue weighted by atomic mass is 35.5. The molecule has 1 heterocycles. The van der Waals surface area contributed by atoms with Gasteiger partial charge >= 0.3 is 12.1 Å². The van der Waals surface area contributed by atoms with Gasteiger partial charge in [0.15, 0.2) is 6.61 Å². The number of fused-ring (bicyclic) bond motifs is 1. The third-order valence-corrected chi connectivity index (χ3v) is 5.98. The first-order valence-electron chi connectivity index (χ1n) is 11.5. The molecule has 11 heteroatoms. The molecular formula is C27H22ClF3N2O5. The minimum Gasteiger partial charge on any atom is -0.484 e. The molecule has 0 atom stereocenters. The molecular weight excluding hydrogens is 525 g/mol. The highest BCUT2D eigenvalue weighted by Crippen LogP contribution is 2.30. The van der Waals surface area contributed by atoms with E-state index in [9.17, 15) is 27.6 Å². The Bertz CT molecular complexity index is 1330. The van der Waals surface area contributed by atoms with Gasteiger partial charge in [-0.2, -0.15) is 13.2 Å². The summed E-state index contributed by atoms with van der Waals surface area (Å²) in [6.45, 7) is -2.08. The van der Waals surface area contributed by atoms with Gasteiger partial charge in [-0.1, -0.05) is 60.1 Å². The summed E-state index contributed by atoms with van der Waals surface area (Å²) in [6, 6.07) is 19.5. The van der Waals surface area contributed by atoms with Gasteiger partial charge in [0.2, 0.25) is 5.91 Å². The van der Waals surface area contributed by atoms with Gasteiger partial charge in [-0.15, -0.1) is 0 Å². The number of carbonyl (C=O) groups is 3. The van der Waals surface area contributed by atoms with Crippen LogP contribution in [-0.2, 0) is 27.5 Å². The van der Waals surface area contributed by atoms with E-state index in [1.54, 1.807) is 24.3 Å². The van der Waals surface area contributed by atoms with Gasteiger partial charge in [-0.25, -0.2) is 0 Å². The molecule has 7 nitrogen and oxygen atoms in total. The molecule has 198 valence electrons. The van der Waals surface area contributed by atoms with Crippen molar-refractivity contribution in [2.45, 2.75) is 19.3 Å². The number of hydrogen-bond acceptors (Lipinski definition) is 5. The van der Waals surface area contributed by atoms with Crippen molar-refractivity contribution in [3.63, 3.8) is 0 Å². The minimum absolute atomic E-state index is 0.0238. The summed E-state index contributed by atoms with van der Waals surface area (Å²) in [6.07, 6.45) is -4.53. The molecule has 2 amide bonds. The van der Waals surface area contributed by atoms with Gasteiger partial charge in [0.25, 0.3) is 5.91 Å². The SMILES string of the molecule is O=C(CN1Cc2ccccc2N(C(=O)c2ccc(OCC(F)(F)F)cc2Cl)CC1=O)OCc1ccccc1. The Morgan fingerprint density at radius 3 is 2.37 bits per heavy atom.